The number of hydrogen-bond donors (Lipinski definition) is 1. The summed E-state index contributed by atoms with van der Waals surface area (Å²) < 4.78 is 0. The van der Waals surface area contributed by atoms with Crippen molar-refractivity contribution in [3.05, 3.63) is 46.0 Å². The molecule has 3 aliphatic rings. The van der Waals surface area contributed by atoms with Gasteiger partial charge in [0, 0.05) is 24.3 Å². The number of non-ortho nitro benzene ring substituents is 1. The van der Waals surface area contributed by atoms with Crippen LogP contribution in [0.1, 0.15) is 37.7 Å². The second-order valence-electron chi connectivity index (χ2n) is 7.45. The van der Waals surface area contributed by atoms with Crippen LogP contribution < -0.4 is 5.32 Å². The van der Waals surface area contributed by atoms with Gasteiger partial charge in [-0.05, 0) is 61.0 Å². The molecule has 4 rings (SSSR count). The summed E-state index contributed by atoms with van der Waals surface area (Å²) in [5.41, 5.74) is 0.709. The van der Waals surface area contributed by atoms with Crippen LogP contribution in [0.4, 0.5) is 5.69 Å². The van der Waals surface area contributed by atoms with Gasteiger partial charge in [0.1, 0.15) is 0 Å². The number of amides is 1. The summed E-state index contributed by atoms with van der Waals surface area (Å²) >= 11 is 0. The quantitative estimate of drug-likeness (QED) is 0.522. The topological polar surface area (TPSA) is 72.2 Å². The fourth-order valence-electron chi connectivity index (χ4n) is 5.38. The van der Waals surface area contributed by atoms with Crippen LogP contribution in [0.5, 0.6) is 0 Å². The van der Waals surface area contributed by atoms with Crippen molar-refractivity contribution < 1.29 is 9.72 Å². The molecule has 1 N–H and O–H groups in total. The fraction of sp³-hybridized carbons (Fsp3) is 0.526. The van der Waals surface area contributed by atoms with Crippen LogP contribution >= 0.6 is 0 Å². The number of rotatable bonds is 4. The van der Waals surface area contributed by atoms with Gasteiger partial charge < -0.3 is 5.32 Å². The third-order valence-electron chi connectivity index (χ3n) is 6.26. The van der Waals surface area contributed by atoms with Gasteiger partial charge in [-0.25, -0.2) is 0 Å². The molecule has 1 aromatic rings. The van der Waals surface area contributed by atoms with Crippen molar-refractivity contribution in [1.29, 1.82) is 0 Å². The zero-order valence-electron chi connectivity index (χ0n) is 13.6. The number of nitro groups is 1. The molecular formula is C19H22N2O3. The fourth-order valence-corrected chi connectivity index (χ4v) is 5.38. The lowest BCUT2D eigenvalue weighted by Gasteiger charge is -2.31. The van der Waals surface area contributed by atoms with Crippen molar-refractivity contribution in [2.45, 2.75) is 38.1 Å². The maximum Gasteiger partial charge on any atom is 0.270 e. The molecule has 5 heteroatoms. The van der Waals surface area contributed by atoms with Crippen LogP contribution in [0.3, 0.4) is 0 Å². The van der Waals surface area contributed by atoms with E-state index < -0.39 is 4.92 Å². The van der Waals surface area contributed by atoms with Crippen LogP contribution in [0.2, 0.25) is 0 Å². The van der Waals surface area contributed by atoms with E-state index in [-0.39, 0.29) is 11.6 Å². The van der Waals surface area contributed by atoms with Gasteiger partial charge in [0.25, 0.3) is 5.69 Å². The zero-order valence-corrected chi connectivity index (χ0v) is 13.6. The number of nitrogens with zero attached hydrogens (tertiary/aromatic N) is 1. The first-order chi connectivity index (χ1) is 11.6. The molecule has 1 aromatic carbocycles. The molecule has 5 atom stereocenters. The molecule has 0 unspecified atom stereocenters. The number of nitrogens with one attached hydrogen (secondary N) is 1. The first-order valence-corrected chi connectivity index (χ1v) is 8.85. The summed E-state index contributed by atoms with van der Waals surface area (Å²) in [6.45, 7) is 0. The standard InChI is InChI=1S/C19H22N2O3/c22-19(8-7-12-3-1-4-14(9-12)21(23)24)20-18-11-13-10-17(18)16-6-2-5-15(13)16/h1,3-4,7-9,13,15-18H,2,5-6,10-11H2,(H,20,22)/b8-7+/t13-,15+,16+,17+,18-/m1/s1. The highest BCUT2D eigenvalue weighted by atomic mass is 16.6. The Labute approximate surface area is 141 Å². The Bertz CT molecular complexity index is 700. The molecule has 0 spiro atoms. The normalized spacial score (nSPS) is 33.8. The Morgan fingerprint density at radius 1 is 1.21 bits per heavy atom. The predicted molar refractivity (Wildman–Crippen MR) is 91.1 cm³/mol. The lowest BCUT2D eigenvalue weighted by atomic mass is 9.79. The molecule has 0 aliphatic heterocycles. The van der Waals surface area contributed by atoms with E-state index in [1.165, 1.54) is 43.9 Å². The van der Waals surface area contributed by atoms with Crippen LogP contribution in [-0.4, -0.2) is 16.9 Å². The van der Waals surface area contributed by atoms with Crippen LogP contribution in [0.25, 0.3) is 6.08 Å². The first kappa shape index (κ1) is 15.4. The van der Waals surface area contributed by atoms with Crippen molar-refractivity contribution in [3.8, 4) is 0 Å². The number of nitro benzene ring substituents is 1. The maximum absolute atomic E-state index is 12.2. The highest BCUT2D eigenvalue weighted by molar-refractivity contribution is 5.92. The number of fused-ring (bicyclic) bond motifs is 5. The van der Waals surface area contributed by atoms with Gasteiger partial charge in [-0.1, -0.05) is 18.6 Å². The highest BCUT2D eigenvalue weighted by Gasteiger charge is 2.53. The molecular weight excluding hydrogens is 304 g/mol. The minimum Gasteiger partial charge on any atom is -0.350 e. The molecule has 3 aliphatic carbocycles. The van der Waals surface area contributed by atoms with Crippen LogP contribution in [-0.2, 0) is 4.79 Å². The summed E-state index contributed by atoms with van der Waals surface area (Å²) in [6.07, 6.45) is 9.64. The lowest BCUT2D eigenvalue weighted by Crippen LogP contribution is -2.41. The van der Waals surface area contributed by atoms with Gasteiger partial charge in [-0.3, -0.25) is 14.9 Å². The van der Waals surface area contributed by atoms with Gasteiger partial charge in [0.05, 0.1) is 4.92 Å². The Morgan fingerprint density at radius 2 is 2.04 bits per heavy atom. The molecule has 126 valence electrons. The zero-order chi connectivity index (χ0) is 16.7. The van der Waals surface area contributed by atoms with E-state index in [2.05, 4.69) is 5.32 Å². The molecule has 0 heterocycles. The smallest absolute Gasteiger partial charge is 0.270 e. The third kappa shape index (κ3) is 2.72. The largest absolute Gasteiger partial charge is 0.350 e. The van der Waals surface area contributed by atoms with Crippen molar-refractivity contribution in [2.75, 3.05) is 0 Å². The monoisotopic (exact) mass is 326 g/mol. The SMILES string of the molecule is O=C(/C=C/c1cccc([N+](=O)[O-])c1)N[C@@H]1C[C@H]2C[C@H]1[C@H]1CCC[C@@H]21. The van der Waals surface area contributed by atoms with Gasteiger partial charge in [-0.2, -0.15) is 0 Å². The molecule has 2 bridgehead atoms. The second-order valence-corrected chi connectivity index (χ2v) is 7.45. The van der Waals surface area contributed by atoms with Crippen LogP contribution in [0.15, 0.2) is 30.3 Å². The van der Waals surface area contributed by atoms with E-state index in [1.54, 1.807) is 18.2 Å². The number of benzene rings is 1. The maximum atomic E-state index is 12.2. The molecule has 0 aromatic heterocycles. The van der Waals surface area contributed by atoms with E-state index in [9.17, 15) is 14.9 Å². The highest BCUT2D eigenvalue weighted by Crippen LogP contribution is 2.58. The Hall–Kier alpha value is -2.17. The van der Waals surface area contributed by atoms with Crippen molar-refractivity contribution in [3.63, 3.8) is 0 Å². The molecule has 0 radical (unpaired) electrons. The van der Waals surface area contributed by atoms with E-state index in [0.29, 0.717) is 17.5 Å². The van der Waals surface area contributed by atoms with Crippen molar-refractivity contribution in [1.82, 2.24) is 5.32 Å². The van der Waals surface area contributed by atoms with Crippen molar-refractivity contribution in [2.24, 2.45) is 23.7 Å². The number of carbonyl (C=O) groups is 1. The predicted octanol–water partition coefficient (Wildman–Crippen LogP) is 3.55. The van der Waals surface area contributed by atoms with E-state index in [4.69, 9.17) is 0 Å². The Balaban J connectivity index is 1.37. The summed E-state index contributed by atoms with van der Waals surface area (Å²) in [7, 11) is 0. The van der Waals surface area contributed by atoms with Gasteiger partial charge in [-0.15, -0.1) is 0 Å². The molecule has 0 saturated heterocycles. The Kier molecular flexibility index (Phi) is 3.87. The van der Waals surface area contributed by atoms with Gasteiger partial charge >= 0.3 is 0 Å². The molecule has 5 nitrogen and oxygen atoms in total. The lowest BCUT2D eigenvalue weighted by molar-refractivity contribution is -0.384. The minimum atomic E-state index is -0.426. The van der Waals surface area contributed by atoms with Gasteiger partial charge in [0.2, 0.25) is 5.91 Å². The van der Waals surface area contributed by atoms with Crippen molar-refractivity contribution >= 4 is 17.7 Å². The summed E-state index contributed by atoms with van der Waals surface area (Å²) in [4.78, 5) is 22.6. The summed E-state index contributed by atoms with van der Waals surface area (Å²) in [5.74, 6) is 3.14. The first-order valence-electron chi connectivity index (χ1n) is 8.85. The molecule has 1 amide bonds. The molecule has 3 fully saturated rings. The Morgan fingerprint density at radius 3 is 2.88 bits per heavy atom. The average molecular weight is 326 g/mol. The summed E-state index contributed by atoms with van der Waals surface area (Å²) in [5, 5.41) is 14.0. The number of carbonyl (C=O) groups excluding carboxylic acids is 1. The summed E-state index contributed by atoms with van der Waals surface area (Å²) in [6, 6.07) is 6.63. The second kappa shape index (κ2) is 6.04. The third-order valence-corrected chi connectivity index (χ3v) is 6.26. The van der Waals surface area contributed by atoms with Crippen LogP contribution in [0, 0.1) is 33.8 Å². The van der Waals surface area contributed by atoms with Gasteiger partial charge in [0.15, 0.2) is 0 Å². The van der Waals surface area contributed by atoms with E-state index >= 15 is 0 Å². The number of hydrogen-bond acceptors (Lipinski definition) is 3. The average Bonchev–Trinajstić information content (AvgIpc) is 3.26. The minimum absolute atomic E-state index is 0.0398. The van der Waals surface area contributed by atoms with E-state index in [1.807, 2.05) is 0 Å². The molecule has 24 heavy (non-hydrogen) atoms. The van der Waals surface area contributed by atoms with E-state index in [0.717, 1.165) is 24.2 Å². The molecule has 3 saturated carbocycles.